The molecule has 1 fully saturated rings. The van der Waals surface area contributed by atoms with Gasteiger partial charge in [0, 0.05) is 6.04 Å². The molecule has 9 nitrogen and oxygen atoms in total. The van der Waals surface area contributed by atoms with Gasteiger partial charge in [-0.25, -0.2) is 14.4 Å². The summed E-state index contributed by atoms with van der Waals surface area (Å²) >= 11 is 0. The van der Waals surface area contributed by atoms with E-state index in [1.807, 2.05) is 0 Å². The third-order valence-corrected chi connectivity index (χ3v) is 4.54. The number of esters is 2. The summed E-state index contributed by atoms with van der Waals surface area (Å²) < 4.78 is 15.5. The Morgan fingerprint density at radius 2 is 1.50 bits per heavy atom. The van der Waals surface area contributed by atoms with Crippen LogP contribution in [0.15, 0.2) is 18.2 Å². The van der Waals surface area contributed by atoms with Gasteiger partial charge in [0.05, 0.1) is 24.3 Å². The summed E-state index contributed by atoms with van der Waals surface area (Å²) in [5.74, 6) is -1.82. The SMILES string of the molecule is CCOC(=O)c1cc(O[C@@H](C)C(=O)NC(=O)NC2CCCC2)cc(C(=O)OCC)c1. The molecule has 1 atom stereocenters. The highest BCUT2D eigenvalue weighted by Crippen LogP contribution is 2.21. The first-order valence-corrected chi connectivity index (χ1v) is 10.1. The van der Waals surface area contributed by atoms with Gasteiger partial charge >= 0.3 is 18.0 Å². The number of rotatable bonds is 8. The Hall–Kier alpha value is -3.10. The molecule has 164 valence electrons. The molecule has 1 aliphatic rings. The molecule has 0 aliphatic heterocycles. The van der Waals surface area contributed by atoms with Crippen molar-refractivity contribution < 1.29 is 33.4 Å². The van der Waals surface area contributed by atoms with Gasteiger partial charge in [0.15, 0.2) is 6.10 Å². The number of imide groups is 1. The molecular weight excluding hydrogens is 392 g/mol. The number of carbonyl (C=O) groups is 4. The van der Waals surface area contributed by atoms with Crippen molar-refractivity contribution in [1.82, 2.24) is 10.6 Å². The molecule has 0 unspecified atom stereocenters. The number of benzene rings is 1. The number of amides is 3. The smallest absolute Gasteiger partial charge is 0.338 e. The van der Waals surface area contributed by atoms with Crippen molar-refractivity contribution in [3.05, 3.63) is 29.3 Å². The maximum atomic E-state index is 12.3. The summed E-state index contributed by atoms with van der Waals surface area (Å²) in [6.07, 6.45) is 2.85. The number of hydrogen-bond acceptors (Lipinski definition) is 7. The van der Waals surface area contributed by atoms with Gasteiger partial charge in [0.1, 0.15) is 5.75 Å². The zero-order valence-corrected chi connectivity index (χ0v) is 17.5. The van der Waals surface area contributed by atoms with Crippen LogP contribution in [0.1, 0.15) is 67.2 Å². The highest BCUT2D eigenvalue weighted by atomic mass is 16.5. The van der Waals surface area contributed by atoms with Gasteiger partial charge in [-0.05, 0) is 51.8 Å². The van der Waals surface area contributed by atoms with Crippen molar-refractivity contribution in [3.8, 4) is 5.75 Å². The Kier molecular flexibility index (Phi) is 8.64. The van der Waals surface area contributed by atoms with Gasteiger partial charge in [-0.15, -0.1) is 0 Å². The van der Waals surface area contributed by atoms with Gasteiger partial charge in [0.25, 0.3) is 5.91 Å². The molecule has 30 heavy (non-hydrogen) atoms. The zero-order valence-electron chi connectivity index (χ0n) is 17.5. The predicted molar refractivity (Wildman–Crippen MR) is 107 cm³/mol. The lowest BCUT2D eigenvalue weighted by molar-refractivity contribution is -0.126. The molecule has 1 aliphatic carbocycles. The van der Waals surface area contributed by atoms with Crippen LogP contribution in [0.2, 0.25) is 0 Å². The highest BCUT2D eigenvalue weighted by molar-refractivity contribution is 5.97. The van der Waals surface area contributed by atoms with Gasteiger partial charge in [-0.2, -0.15) is 0 Å². The van der Waals surface area contributed by atoms with Crippen LogP contribution < -0.4 is 15.4 Å². The molecule has 2 N–H and O–H groups in total. The molecule has 0 bridgehead atoms. The van der Waals surface area contributed by atoms with Crippen LogP contribution in [-0.2, 0) is 14.3 Å². The van der Waals surface area contributed by atoms with Gasteiger partial charge < -0.3 is 19.5 Å². The van der Waals surface area contributed by atoms with E-state index in [4.69, 9.17) is 14.2 Å². The Labute approximate surface area is 175 Å². The fraction of sp³-hybridized carbons (Fsp3) is 0.524. The summed E-state index contributed by atoms with van der Waals surface area (Å²) in [6.45, 7) is 5.10. The lowest BCUT2D eigenvalue weighted by Gasteiger charge is -2.17. The Bertz CT molecular complexity index is 751. The molecule has 1 aromatic carbocycles. The van der Waals surface area contributed by atoms with E-state index in [0.29, 0.717) is 0 Å². The minimum atomic E-state index is -1.05. The van der Waals surface area contributed by atoms with Crippen LogP contribution in [0, 0.1) is 0 Å². The van der Waals surface area contributed by atoms with Crippen molar-refractivity contribution in [2.45, 2.75) is 58.6 Å². The van der Waals surface area contributed by atoms with Crippen LogP contribution in [0.3, 0.4) is 0 Å². The Morgan fingerprint density at radius 3 is 2.00 bits per heavy atom. The second-order valence-corrected chi connectivity index (χ2v) is 6.89. The third kappa shape index (κ3) is 6.75. The largest absolute Gasteiger partial charge is 0.481 e. The van der Waals surface area contributed by atoms with Crippen LogP contribution in [0.25, 0.3) is 0 Å². The second kappa shape index (κ2) is 11.2. The highest BCUT2D eigenvalue weighted by Gasteiger charge is 2.22. The summed E-state index contributed by atoms with van der Waals surface area (Å²) in [5.41, 5.74) is 0.174. The number of ether oxygens (including phenoxy) is 3. The molecule has 0 spiro atoms. The summed E-state index contributed by atoms with van der Waals surface area (Å²) in [4.78, 5) is 48.5. The molecule has 3 amide bonds. The number of carbonyl (C=O) groups excluding carboxylic acids is 4. The summed E-state index contributed by atoms with van der Waals surface area (Å²) in [5, 5.41) is 5.00. The first-order chi connectivity index (χ1) is 14.3. The lowest BCUT2D eigenvalue weighted by Crippen LogP contribution is -2.47. The molecular formula is C21H28N2O7. The maximum absolute atomic E-state index is 12.3. The number of nitrogens with one attached hydrogen (secondary N) is 2. The van der Waals surface area contributed by atoms with Crippen LogP contribution in [0.4, 0.5) is 4.79 Å². The van der Waals surface area contributed by atoms with Crippen LogP contribution >= 0.6 is 0 Å². The fourth-order valence-corrected chi connectivity index (χ4v) is 3.09. The molecule has 0 saturated heterocycles. The lowest BCUT2D eigenvalue weighted by atomic mass is 10.1. The van der Waals surface area contributed by atoms with Crippen molar-refractivity contribution in [1.29, 1.82) is 0 Å². The average Bonchev–Trinajstić information content (AvgIpc) is 3.20. The van der Waals surface area contributed by atoms with E-state index >= 15 is 0 Å². The van der Waals surface area contributed by atoms with E-state index in [-0.39, 0.29) is 36.1 Å². The van der Waals surface area contributed by atoms with Crippen molar-refractivity contribution in [2.75, 3.05) is 13.2 Å². The first-order valence-electron chi connectivity index (χ1n) is 10.1. The standard InChI is InChI=1S/C21H28N2O7/c1-4-28-19(25)14-10-15(20(26)29-5-2)12-17(11-14)30-13(3)18(24)23-21(27)22-16-8-6-7-9-16/h10-13,16H,4-9H2,1-3H3,(H2,22,23,24,27)/t13-/m0/s1. The second-order valence-electron chi connectivity index (χ2n) is 6.89. The van der Waals surface area contributed by atoms with E-state index in [1.165, 1.54) is 25.1 Å². The minimum Gasteiger partial charge on any atom is -0.481 e. The monoisotopic (exact) mass is 420 g/mol. The van der Waals surface area contributed by atoms with Crippen LogP contribution in [-0.4, -0.2) is 49.2 Å². The molecule has 0 radical (unpaired) electrons. The summed E-state index contributed by atoms with van der Waals surface area (Å²) in [7, 11) is 0. The Morgan fingerprint density at radius 1 is 0.967 bits per heavy atom. The van der Waals surface area contributed by atoms with E-state index in [2.05, 4.69) is 10.6 Å². The minimum absolute atomic E-state index is 0.0717. The topological polar surface area (TPSA) is 120 Å². The van der Waals surface area contributed by atoms with Crippen LogP contribution in [0.5, 0.6) is 5.75 Å². The summed E-state index contributed by atoms with van der Waals surface area (Å²) in [6, 6.07) is 3.56. The normalized spacial score (nSPS) is 14.5. The van der Waals surface area contributed by atoms with Crippen molar-refractivity contribution in [3.63, 3.8) is 0 Å². The quantitative estimate of drug-likeness (QED) is 0.620. The third-order valence-electron chi connectivity index (χ3n) is 4.54. The van der Waals surface area contributed by atoms with Crippen molar-refractivity contribution >= 4 is 23.9 Å². The van der Waals surface area contributed by atoms with E-state index in [1.54, 1.807) is 13.8 Å². The number of hydrogen-bond donors (Lipinski definition) is 2. The predicted octanol–water partition coefficient (Wildman–Crippen LogP) is 2.58. The average molecular weight is 420 g/mol. The zero-order chi connectivity index (χ0) is 22.1. The molecule has 1 aromatic rings. The van der Waals surface area contributed by atoms with Crippen molar-refractivity contribution in [2.24, 2.45) is 0 Å². The fourth-order valence-electron chi connectivity index (χ4n) is 3.09. The first kappa shape index (κ1) is 23.2. The molecule has 1 saturated carbocycles. The van der Waals surface area contributed by atoms with Gasteiger partial charge in [-0.1, -0.05) is 12.8 Å². The van der Waals surface area contributed by atoms with Gasteiger partial charge in [0.2, 0.25) is 0 Å². The van der Waals surface area contributed by atoms with E-state index in [9.17, 15) is 19.2 Å². The molecule has 0 aromatic heterocycles. The Balaban J connectivity index is 2.08. The van der Waals surface area contributed by atoms with Gasteiger partial charge in [-0.3, -0.25) is 10.1 Å². The molecule has 2 rings (SSSR count). The molecule has 9 heteroatoms. The molecule has 0 heterocycles. The van der Waals surface area contributed by atoms with E-state index in [0.717, 1.165) is 25.7 Å². The maximum Gasteiger partial charge on any atom is 0.338 e. The number of urea groups is 1. The van der Waals surface area contributed by atoms with E-state index < -0.39 is 30.0 Å².